The monoisotopic (exact) mass is 309 g/mol. The minimum absolute atomic E-state index is 0.206. The Kier molecular flexibility index (Phi) is 3.22. The Hall–Kier alpha value is -1.60. The van der Waals surface area contributed by atoms with Crippen molar-refractivity contribution in [3.05, 3.63) is 18.2 Å². The number of nitrogens with two attached hydrogens (primary N) is 1. The van der Waals surface area contributed by atoms with Gasteiger partial charge >= 0.3 is 0 Å². The molecule has 0 saturated heterocycles. The van der Waals surface area contributed by atoms with Crippen molar-refractivity contribution in [1.29, 1.82) is 0 Å². The molecule has 114 valence electrons. The molecule has 0 radical (unpaired) electrons. The Morgan fingerprint density at radius 3 is 2.67 bits per heavy atom. The largest absolute Gasteiger partial charge is 0.376 e. The first-order chi connectivity index (χ1) is 9.86. The maximum Gasteiger partial charge on any atom is 0.201 e. The molecule has 0 spiro atoms. The van der Waals surface area contributed by atoms with E-state index in [9.17, 15) is 8.42 Å². The summed E-state index contributed by atoms with van der Waals surface area (Å²) >= 11 is 0. The molecule has 1 saturated carbocycles. The van der Waals surface area contributed by atoms with E-state index in [1.54, 1.807) is 19.2 Å². The predicted octanol–water partition coefficient (Wildman–Crippen LogP) is 1.59. The average molecular weight is 309 g/mol. The fourth-order valence-corrected chi connectivity index (χ4v) is 3.72. The van der Waals surface area contributed by atoms with Crippen LogP contribution in [-0.2, 0) is 21.1 Å². The van der Waals surface area contributed by atoms with Gasteiger partial charge < -0.3 is 15.0 Å². The van der Waals surface area contributed by atoms with E-state index in [1.165, 1.54) is 6.26 Å². The number of hydrogen-bond donors (Lipinski definition) is 1. The maximum absolute atomic E-state index is 11.9. The van der Waals surface area contributed by atoms with E-state index in [0.717, 1.165) is 24.8 Å². The molecule has 1 aromatic carbocycles. The van der Waals surface area contributed by atoms with Crippen LogP contribution in [0, 0.1) is 0 Å². The summed E-state index contributed by atoms with van der Waals surface area (Å²) in [4.78, 5) is 4.48. The number of benzene rings is 1. The lowest BCUT2D eigenvalue weighted by Gasteiger charge is -2.40. The van der Waals surface area contributed by atoms with Gasteiger partial charge in [0.15, 0.2) is 9.84 Å². The van der Waals surface area contributed by atoms with Crippen molar-refractivity contribution in [2.24, 2.45) is 0 Å². The summed E-state index contributed by atoms with van der Waals surface area (Å²) in [6, 6.07) is 5.12. The molecule has 1 fully saturated rings. The lowest BCUT2D eigenvalue weighted by Crippen LogP contribution is -2.43. The molecule has 1 aromatic heterocycles. The van der Waals surface area contributed by atoms with Crippen molar-refractivity contribution in [2.45, 2.75) is 36.3 Å². The molecule has 0 atom stereocenters. The fraction of sp³-hybridized carbons (Fsp3) is 0.500. The van der Waals surface area contributed by atoms with E-state index < -0.39 is 9.84 Å². The molecule has 0 unspecified atom stereocenters. The number of fused-ring (bicyclic) bond motifs is 1. The number of nitrogens with zero attached hydrogens (tertiary/aromatic N) is 2. The van der Waals surface area contributed by atoms with Gasteiger partial charge in [-0.2, -0.15) is 0 Å². The molecule has 3 rings (SSSR count). The summed E-state index contributed by atoms with van der Waals surface area (Å²) in [7, 11) is -1.63. The van der Waals surface area contributed by atoms with E-state index in [4.69, 9.17) is 10.5 Å². The third-order valence-electron chi connectivity index (χ3n) is 4.31. The highest BCUT2D eigenvalue weighted by molar-refractivity contribution is 7.91. The van der Waals surface area contributed by atoms with Gasteiger partial charge in [0, 0.05) is 13.4 Å². The quantitative estimate of drug-likeness (QED) is 0.926. The molecule has 1 aliphatic rings. The molecule has 2 N–H and O–H groups in total. The second-order valence-corrected chi connectivity index (χ2v) is 7.68. The number of nitrogen functional groups attached to an aromatic ring is 1. The van der Waals surface area contributed by atoms with Gasteiger partial charge in [0.1, 0.15) is 5.52 Å². The predicted molar refractivity (Wildman–Crippen MR) is 80.8 cm³/mol. The SMILES string of the molecule is COC1(Cn2c(N)nc3c(S(C)(=O)=O)cccc32)CCC1. The number of hydrogen-bond acceptors (Lipinski definition) is 5. The molecule has 0 aliphatic heterocycles. The third-order valence-corrected chi connectivity index (χ3v) is 5.44. The Morgan fingerprint density at radius 1 is 1.43 bits per heavy atom. The van der Waals surface area contributed by atoms with Crippen LogP contribution >= 0.6 is 0 Å². The first-order valence-corrected chi connectivity index (χ1v) is 8.75. The standard InChI is InChI=1S/C14H19N3O3S/c1-20-14(7-4-8-14)9-17-10-5-3-6-11(21(2,18)19)12(10)16-13(17)15/h3,5-6H,4,7-9H2,1-2H3,(H2,15,16). The number of methoxy groups -OCH3 is 1. The van der Waals surface area contributed by atoms with Crippen molar-refractivity contribution in [1.82, 2.24) is 9.55 Å². The Labute approximate surface area is 123 Å². The fourth-order valence-electron chi connectivity index (χ4n) is 2.89. The minimum atomic E-state index is -3.34. The van der Waals surface area contributed by atoms with Crippen LogP contribution in [0.4, 0.5) is 5.95 Å². The zero-order valence-electron chi connectivity index (χ0n) is 12.2. The highest BCUT2D eigenvalue weighted by atomic mass is 32.2. The van der Waals surface area contributed by atoms with Gasteiger partial charge in [-0.3, -0.25) is 0 Å². The Balaban J connectivity index is 2.14. The van der Waals surface area contributed by atoms with E-state index >= 15 is 0 Å². The molecule has 2 aromatic rings. The van der Waals surface area contributed by atoms with Crippen molar-refractivity contribution < 1.29 is 13.2 Å². The number of ether oxygens (including phenoxy) is 1. The van der Waals surface area contributed by atoms with E-state index in [-0.39, 0.29) is 10.5 Å². The number of anilines is 1. The van der Waals surface area contributed by atoms with Crippen molar-refractivity contribution in [3.8, 4) is 0 Å². The number of para-hydroxylation sites is 1. The number of rotatable bonds is 4. The molecular formula is C14H19N3O3S. The first-order valence-electron chi connectivity index (χ1n) is 6.86. The van der Waals surface area contributed by atoms with Gasteiger partial charge in [-0.15, -0.1) is 0 Å². The highest BCUT2D eigenvalue weighted by Crippen LogP contribution is 2.38. The summed E-state index contributed by atoms with van der Waals surface area (Å²) in [5.41, 5.74) is 6.97. The second-order valence-electron chi connectivity index (χ2n) is 5.69. The van der Waals surface area contributed by atoms with Gasteiger partial charge in [0.05, 0.1) is 22.6 Å². The molecule has 7 heteroatoms. The molecule has 6 nitrogen and oxygen atoms in total. The van der Waals surface area contributed by atoms with Crippen LogP contribution in [0.15, 0.2) is 23.1 Å². The van der Waals surface area contributed by atoms with Crippen molar-refractivity contribution >= 4 is 26.8 Å². The molecular weight excluding hydrogens is 290 g/mol. The maximum atomic E-state index is 11.9. The number of imidazole rings is 1. The third kappa shape index (κ3) is 2.30. The molecule has 1 heterocycles. The molecule has 0 bridgehead atoms. The minimum Gasteiger partial charge on any atom is -0.376 e. The van der Waals surface area contributed by atoms with Crippen LogP contribution < -0.4 is 5.73 Å². The van der Waals surface area contributed by atoms with E-state index in [0.29, 0.717) is 18.0 Å². The van der Waals surface area contributed by atoms with Gasteiger partial charge in [0.25, 0.3) is 0 Å². The van der Waals surface area contributed by atoms with Crippen molar-refractivity contribution in [2.75, 3.05) is 19.1 Å². The molecule has 21 heavy (non-hydrogen) atoms. The lowest BCUT2D eigenvalue weighted by atomic mass is 9.80. The zero-order chi connectivity index (χ0) is 15.3. The van der Waals surface area contributed by atoms with Gasteiger partial charge in [-0.25, -0.2) is 13.4 Å². The van der Waals surface area contributed by atoms with Gasteiger partial charge in [0.2, 0.25) is 5.95 Å². The highest BCUT2D eigenvalue weighted by Gasteiger charge is 2.38. The Morgan fingerprint density at radius 2 is 2.14 bits per heavy atom. The summed E-state index contributed by atoms with van der Waals surface area (Å²) in [5, 5.41) is 0. The van der Waals surface area contributed by atoms with Crippen LogP contribution in [0.25, 0.3) is 11.0 Å². The van der Waals surface area contributed by atoms with Crippen LogP contribution in [0.5, 0.6) is 0 Å². The van der Waals surface area contributed by atoms with E-state index in [2.05, 4.69) is 4.98 Å². The summed E-state index contributed by atoms with van der Waals surface area (Å²) in [6.07, 6.45) is 4.28. The zero-order valence-corrected chi connectivity index (χ0v) is 13.0. The van der Waals surface area contributed by atoms with Crippen molar-refractivity contribution in [3.63, 3.8) is 0 Å². The summed E-state index contributed by atoms with van der Waals surface area (Å²) in [5.74, 6) is 0.324. The molecule has 1 aliphatic carbocycles. The number of aromatic nitrogens is 2. The number of sulfone groups is 1. The average Bonchev–Trinajstić information content (AvgIpc) is 2.68. The van der Waals surface area contributed by atoms with Crippen LogP contribution in [-0.4, -0.2) is 36.9 Å². The normalized spacial score (nSPS) is 17.8. The summed E-state index contributed by atoms with van der Waals surface area (Å²) in [6.45, 7) is 0.596. The molecule has 0 amide bonds. The van der Waals surface area contributed by atoms with Crippen LogP contribution in [0.3, 0.4) is 0 Å². The topological polar surface area (TPSA) is 87.2 Å². The lowest BCUT2D eigenvalue weighted by molar-refractivity contribution is -0.0824. The second kappa shape index (κ2) is 4.71. The van der Waals surface area contributed by atoms with Crippen LogP contribution in [0.1, 0.15) is 19.3 Å². The summed E-state index contributed by atoms with van der Waals surface area (Å²) < 4.78 is 31.2. The van der Waals surface area contributed by atoms with Gasteiger partial charge in [-0.1, -0.05) is 6.07 Å². The van der Waals surface area contributed by atoms with Gasteiger partial charge in [-0.05, 0) is 31.4 Å². The Bertz CT molecular complexity index is 786. The van der Waals surface area contributed by atoms with Crippen LogP contribution in [0.2, 0.25) is 0 Å². The smallest absolute Gasteiger partial charge is 0.201 e. The first kappa shape index (κ1) is 14.3. The van der Waals surface area contributed by atoms with E-state index in [1.807, 2.05) is 10.6 Å².